The first kappa shape index (κ1) is 11.4. The molecule has 1 aromatic carbocycles. The van der Waals surface area contributed by atoms with Crippen LogP contribution in [-0.2, 0) is 0 Å². The highest BCUT2D eigenvalue weighted by atomic mass is 14.4. The van der Waals surface area contributed by atoms with E-state index in [1.807, 2.05) is 30.3 Å². The molecule has 0 saturated heterocycles. The van der Waals surface area contributed by atoms with Crippen molar-refractivity contribution in [2.75, 3.05) is 0 Å². The molecule has 0 aromatic heterocycles. The first-order chi connectivity index (χ1) is 7.86. The van der Waals surface area contributed by atoms with Gasteiger partial charge in [0.05, 0.1) is 0 Å². The van der Waals surface area contributed by atoms with E-state index in [1.165, 1.54) is 38.5 Å². The van der Waals surface area contributed by atoms with Crippen LogP contribution in [0.3, 0.4) is 0 Å². The van der Waals surface area contributed by atoms with Crippen molar-refractivity contribution >= 4 is 5.71 Å². The first-order valence-corrected chi connectivity index (χ1v) is 6.49. The van der Waals surface area contributed by atoms with E-state index in [9.17, 15) is 0 Å². The molecular formula is C15H21N. The second-order valence-corrected chi connectivity index (χ2v) is 4.89. The topological polar surface area (TPSA) is 23.9 Å². The summed E-state index contributed by atoms with van der Waals surface area (Å²) in [6.07, 6.45) is 9.19. The Morgan fingerprint density at radius 1 is 1.06 bits per heavy atom. The second-order valence-electron chi connectivity index (χ2n) is 4.89. The fourth-order valence-electron chi connectivity index (χ4n) is 2.61. The van der Waals surface area contributed by atoms with Crippen LogP contribution in [0.4, 0.5) is 0 Å². The van der Waals surface area contributed by atoms with Gasteiger partial charge in [-0.05, 0) is 24.3 Å². The van der Waals surface area contributed by atoms with E-state index in [1.54, 1.807) is 0 Å². The molecule has 0 spiro atoms. The molecule has 0 unspecified atom stereocenters. The Balaban J connectivity index is 1.79. The van der Waals surface area contributed by atoms with E-state index < -0.39 is 0 Å². The normalized spacial score (nSPS) is 17.2. The summed E-state index contributed by atoms with van der Waals surface area (Å²) in [6, 6.07) is 10.1. The minimum atomic E-state index is 0.811. The van der Waals surface area contributed by atoms with Gasteiger partial charge in [-0.15, -0.1) is 0 Å². The van der Waals surface area contributed by atoms with Gasteiger partial charge in [0, 0.05) is 5.71 Å². The van der Waals surface area contributed by atoms with E-state index in [-0.39, 0.29) is 0 Å². The van der Waals surface area contributed by atoms with Gasteiger partial charge in [0.25, 0.3) is 0 Å². The molecule has 1 N–H and O–H groups in total. The van der Waals surface area contributed by atoms with Crippen molar-refractivity contribution in [3.8, 4) is 0 Å². The zero-order chi connectivity index (χ0) is 11.2. The minimum Gasteiger partial charge on any atom is -0.305 e. The van der Waals surface area contributed by atoms with Crippen molar-refractivity contribution in [1.82, 2.24) is 0 Å². The van der Waals surface area contributed by atoms with Crippen LogP contribution in [0.2, 0.25) is 0 Å². The third-order valence-corrected chi connectivity index (χ3v) is 3.65. The average molecular weight is 215 g/mol. The zero-order valence-corrected chi connectivity index (χ0v) is 9.91. The molecule has 16 heavy (non-hydrogen) atoms. The summed E-state index contributed by atoms with van der Waals surface area (Å²) < 4.78 is 0. The van der Waals surface area contributed by atoms with Crippen molar-refractivity contribution in [1.29, 1.82) is 5.41 Å². The monoisotopic (exact) mass is 215 g/mol. The van der Waals surface area contributed by atoms with E-state index in [4.69, 9.17) is 5.41 Å². The molecule has 0 aliphatic heterocycles. The summed E-state index contributed by atoms with van der Waals surface area (Å²) in [5, 5.41) is 8.05. The Labute approximate surface area is 98.4 Å². The van der Waals surface area contributed by atoms with Crippen molar-refractivity contribution in [2.45, 2.75) is 44.9 Å². The Hall–Kier alpha value is -1.11. The molecule has 1 heteroatoms. The molecule has 86 valence electrons. The maximum atomic E-state index is 8.05. The largest absolute Gasteiger partial charge is 0.305 e. The van der Waals surface area contributed by atoms with E-state index in [0.29, 0.717) is 0 Å². The van der Waals surface area contributed by atoms with Crippen LogP contribution in [-0.4, -0.2) is 5.71 Å². The van der Waals surface area contributed by atoms with E-state index >= 15 is 0 Å². The van der Waals surface area contributed by atoms with Gasteiger partial charge in [-0.25, -0.2) is 0 Å². The van der Waals surface area contributed by atoms with Crippen LogP contribution in [0, 0.1) is 11.3 Å². The molecule has 1 fully saturated rings. The predicted octanol–water partition coefficient (Wildman–Crippen LogP) is 4.41. The molecule has 2 rings (SSSR count). The van der Waals surface area contributed by atoms with Crippen LogP contribution in [0.15, 0.2) is 30.3 Å². The summed E-state index contributed by atoms with van der Waals surface area (Å²) in [4.78, 5) is 0. The van der Waals surface area contributed by atoms with Crippen molar-refractivity contribution in [3.63, 3.8) is 0 Å². The second kappa shape index (κ2) is 5.83. The highest BCUT2D eigenvalue weighted by Crippen LogP contribution is 2.27. The molecule has 1 saturated carbocycles. The molecule has 0 heterocycles. The van der Waals surface area contributed by atoms with Crippen LogP contribution in [0.25, 0.3) is 0 Å². The molecule has 0 atom stereocenters. The number of rotatable bonds is 4. The van der Waals surface area contributed by atoms with Crippen LogP contribution in [0.1, 0.15) is 50.5 Å². The Bertz CT molecular complexity index is 323. The lowest BCUT2D eigenvalue weighted by molar-refractivity contribution is 0.343. The summed E-state index contributed by atoms with van der Waals surface area (Å²) in [6.45, 7) is 0. The first-order valence-electron chi connectivity index (χ1n) is 6.49. The number of hydrogen-bond donors (Lipinski definition) is 1. The summed E-state index contributed by atoms with van der Waals surface area (Å²) >= 11 is 0. The lowest BCUT2D eigenvalue weighted by Crippen LogP contribution is -2.09. The van der Waals surface area contributed by atoms with Crippen molar-refractivity contribution in [3.05, 3.63) is 35.9 Å². The van der Waals surface area contributed by atoms with Gasteiger partial charge >= 0.3 is 0 Å². The van der Waals surface area contributed by atoms with Gasteiger partial charge in [0.15, 0.2) is 0 Å². The third kappa shape index (κ3) is 3.19. The molecule has 1 aliphatic rings. The molecule has 1 nitrogen and oxygen atoms in total. The van der Waals surface area contributed by atoms with Gasteiger partial charge in [-0.1, -0.05) is 62.4 Å². The SMILES string of the molecule is N=C(CCC1CCCCC1)c1ccccc1. The molecular weight excluding hydrogens is 194 g/mol. The number of hydrogen-bond acceptors (Lipinski definition) is 1. The minimum absolute atomic E-state index is 0.811. The smallest absolute Gasteiger partial charge is 0.0386 e. The Morgan fingerprint density at radius 2 is 1.75 bits per heavy atom. The third-order valence-electron chi connectivity index (χ3n) is 3.65. The number of benzene rings is 1. The standard InChI is InChI=1S/C15H21N/c16-15(14-9-5-2-6-10-14)12-11-13-7-3-1-4-8-13/h2,5-6,9-10,13,16H,1,3-4,7-8,11-12H2. The van der Waals surface area contributed by atoms with Gasteiger partial charge in [-0.3, -0.25) is 0 Å². The van der Waals surface area contributed by atoms with Crippen LogP contribution in [0.5, 0.6) is 0 Å². The Morgan fingerprint density at radius 3 is 2.44 bits per heavy atom. The van der Waals surface area contributed by atoms with Crippen molar-refractivity contribution in [2.24, 2.45) is 5.92 Å². The molecule has 1 aliphatic carbocycles. The molecule has 0 bridgehead atoms. The van der Waals surface area contributed by atoms with Gasteiger partial charge in [-0.2, -0.15) is 0 Å². The quantitative estimate of drug-likeness (QED) is 0.719. The number of nitrogens with one attached hydrogen (secondary N) is 1. The van der Waals surface area contributed by atoms with Crippen LogP contribution >= 0.6 is 0 Å². The Kier molecular flexibility index (Phi) is 4.15. The van der Waals surface area contributed by atoms with E-state index in [2.05, 4.69) is 0 Å². The summed E-state index contributed by atoms with van der Waals surface area (Å²) in [5.74, 6) is 0.887. The summed E-state index contributed by atoms with van der Waals surface area (Å²) in [5.41, 5.74) is 1.91. The van der Waals surface area contributed by atoms with Gasteiger partial charge in [0.2, 0.25) is 0 Å². The predicted molar refractivity (Wildman–Crippen MR) is 69.1 cm³/mol. The maximum Gasteiger partial charge on any atom is 0.0386 e. The summed E-state index contributed by atoms with van der Waals surface area (Å²) in [7, 11) is 0. The highest BCUT2D eigenvalue weighted by Gasteiger charge is 2.13. The fourth-order valence-corrected chi connectivity index (χ4v) is 2.61. The van der Waals surface area contributed by atoms with Crippen LogP contribution < -0.4 is 0 Å². The van der Waals surface area contributed by atoms with Gasteiger partial charge in [0.1, 0.15) is 0 Å². The lowest BCUT2D eigenvalue weighted by Gasteiger charge is -2.21. The van der Waals surface area contributed by atoms with Gasteiger partial charge < -0.3 is 5.41 Å². The highest BCUT2D eigenvalue weighted by molar-refractivity contribution is 5.98. The zero-order valence-electron chi connectivity index (χ0n) is 9.91. The molecule has 0 radical (unpaired) electrons. The average Bonchev–Trinajstić information content (AvgIpc) is 2.38. The maximum absolute atomic E-state index is 8.05. The lowest BCUT2D eigenvalue weighted by atomic mass is 9.85. The van der Waals surface area contributed by atoms with Crippen molar-refractivity contribution < 1.29 is 0 Å². The molecule has 0 amide bonds. The van der Waals surface area contributed by atoms with E-state index in [0.717, 1.165) is 23.6 Å². The fraction of sp³-hybridized carbons (Fsp3) is 0.533. The molecule has 1 aromatic rings.